The van der Waals surface area contributed by atoms with Crippen LogP contribution in [-0.2, 0) is 11.2 Å². The van der Waals surface area contributed by atoms with Crippen LogP contribution in [0.5, 0.6) is 5.75 Å². The first-order chi connectivity index (χ1) is 14.3. The van der Waals surface area contributed by atoms with Gasteiger partial charge in [-0.2, -0.15) is 0 Å². The van der Waals surface area contributed by atoms with Crippen molar-refractivity contribution in [1.82, 2.24) is 0 Å². The highest BCUT2D eigenvalue weighted by Crippen LogP contribution is 2.46. The monoisotopic (exact) mass is 418 g/mol. The van der Waals surface area contributed by atoms with E-state index in [2.05, 4.69) is 0 Å². The Kier molecular flexibility index (Phi) is 5.59. The van der Waals surface area contributed by atoms with E-state index >= 15 is 4.39 Å². The highest BCUT2D eigenvalue weighted by Gasteiger charge is 2.66. The molecule has 4 rings (SSSR count). The lowest BCUT2D eigenvalue weighted by Crippen LogP contribution is -2.72. The van der Waals surface area contributed by atoms with Crippen LogP contribution < -0.4 is 4.74 Å². The molecule has 0 bridgehead atoms. The molecular formula is C23H27FO6. The molecule has 1 aliphatic carbocycles. The van der Waals surface area contributed by atoms with Gasteiger partial charge in [0, 0.05) is 12.8 Å². The van der Waals surface area contributed by atoms with Gasteiger partial charge in [-0.3, -0.25) is 0 Å². The Hall–Kier alpha value is -2.03. The van der Waals surface area contributed by atoms with Crippen LogP contribution in [0.25, 0.3) is 0 Å². The minimum atomic E-state index is -3.19. The smallest absolute Gasteiger partial charge is 0.245 e. The molecule has 2 fully saturated rings. The fourth-order valence-corrected chi connectivity index (χ4v) is 3.96. The number of rotatable bonds is 7. The zero-order valence-electron chi connectivity index (χ0n) is 16.6. The molecule has 162 valence electrons. The summed E-state index contributed by atoms with van der Waals surface area (Å²) in [5, 5.41) is 41.4. The largest absolute Gasteiger partial charge is 0.462 e. The molecule has 1 aliphatic heterocycles. The molecule has 1 saturated heterocycles. The van der Waals surface area contributed by atoms with E-state index in [1.165, 1.54) is 5.56 Å². The average Bonchev–Trinajstić information content (AvgIpc) is 3.58. The Morgan fingerprint density at radius 2 is 1.60 bits per heavy atom. The van der Waals surface area contributed by atoms with E-state index in [1.807, 2.05) is 12.1 Å². The van der Waals surface area contributed by atoms with Crippen molar-refractivity contribution in [3.63, 3.8) is 0 Å². The van der Waals surface area contributed by atoms with Crippen LogP contribution >= 0.6 is 0 Å². The van der Waals surface area contributed by atoms with E-state index in [1.54, 1.807) is 42.5 Å². The Balaban J connectivity index is 1.66. The minimum Gasteiger partial charge on any atom is -0.462 e. The van der Waals surface area contributed by atoms with Crippen molar-refractivity contribution in [1.29, 1.82) is 0 Å². The van der Waals surface area contributed by atoms with Gasteiger partial charge in [0.05, 0.1) is 13.2 Å². The molecule has 4 N–H and O–H groups in total. The summed E-state index contributed by atoms with van der Waals surface area (Å²) >= 11 is 0. The minimum absolute atomic E-state index is 0.282. The van der Waals surface area contributed by atoms with E-state index in [0.717, 1.165) is 12.8 Å². The summed E-state index contributed by atoms with van der Waals surface area (Å²) in [4.78, 5) is 0. The lowest BCUT2D eigenvalue weighted by molar-refractivity contribution is -0.386. The molecule has 2 aromatic rings. The predicted octanol–water partition coefficient (Wildman–Crippen LogP) is 2.04. The van der Waals surface area contributed by atoms with E-state index in [9.17, 15) is 20.4 Å². The summed E-state index contributed by atoms with van der Waals surface area (Å²) in [6, 6.07) is 15.8. The van der Waals surface area contributed by atoms with Gasteiger partial charge in [0.25, 0.3) is 0 Å². The van der Waals surface area contributed by atoms with Crippen LogP contribution in [0.1, 0.15) is 36.3 Å². The third-order valence-corrected chi connectivity index (χ3v) is 6.03. The average molecular weight is 418 g/mol. The van der Waals surface area contributed by atoms with E-state index in [-0.39, 0.29) is 12.2 Å². The van der Waals surface area contributed by atoms with Crippen LogP contribution in [0.3, 0.4) is 0 Å². The maximum atomic E-state index is 15.6. The second-order valence-corrected chi connectivity index (χ2v) is 8.43. The maximum absolute atomic E-state index is 15.6. The summed E-state index contributed by atoms with van der Waals surface area (Å²) in [6.07, 6.45) is -0.461. The number of ether oxygens (including phenoxy) is 2. The van der Waals surface area contributed by atoms with Gasteiger partial charge in [0.15, 0.2) is 5.60 Å². The van der Waals surface area contributed by atoms with Crippen LogP contribution in [0.2, 0.25) is 0 Å². The van der Waals surface area contributed by atoms with Crippen molar-refractivity contribution < 1.29 is 34.3 Å². The number of alkyl halides is 1. The predicted molar refractivity (Wildman–Crippen MR) is 107 cm³/mol. The van der Waals surface area contributed by atoms with Crippen molar-refractivity contribution in [3.05, 3.63) is 65.7 Å². The van der Waals surface area contributed by atoms with Gasteiger partial charge >= 0.3 is 0 Å². The first-order valence-electron chi connectivity index (χ1n) is 10.1. The molecule has 0 spiro atoms. The molecule has 0 amide bonds. The molecule has 3 atom stereocenters. The Morgan fingerprint density at radius 1 is 0.967 bits per heavy atom. The molecule has 0 aromatic heterocycles. The number of hydrogen-bond donors (Lipinski definition) is 4. The molecule has 7 heteroatoms. The topological polar surface area (TPSA) is 99.4 Å². The number of halogens is 1. The first-order valence-corrected chi connectivity index (χ1v) is 10.1. The summed E-state index contributed by atoms with van der Waals surface area (Å²) in [7, 11) is 0. The summed E-state index contributed by atoms with van der Waals surface area (Å²) in [5.41, 5.74) is -2.48. The van der Waals surface area contributed by atoms with Gasteiger partial charge in [-0.25, -0.2) is 4.39 Å². The third-order valence-electron chi connectivity index (χ3n) is 6.03. The van der Waals surface area contributed by atoms with E-state index < -0.39 is 43.0 Å². The SMILES string of the molecule is OCC1(CO)C[C@@](O)(F)[C@](O)(Cc2ccc(C3CC3)cc2)[C@H](Oc2ccccc2)O1. The van der Waals surface area contributed by atoms with Gasteiger partial charge < -0.3 is 29.9 Å². The van der Waals surface area contributed by atoms with Crippen LogP contribution in [0.4, 0.5) is 4.39 Å². The van der Waals surface area contributed by atoms with Crippen LogP contribution in [-0.4, -0.2) is 57.0 Å². The van der Waals surface area contributed by atoms with Gasteiger partial charge in [0.2, 0.25) is 12.1 Å². The van der Waals surface area contributed by atoms with E-state index in [4.69, 9.17) is 9.47 Å². The third kappa shape index (κ3) is 3.96. The van der Waals surface area contributed by atoms with Crippen LogP contribution in [0.15, 0.2) is 54.6 Å². The molecule has 0 radical (unpaired) electrons. The molecule has 1 saturated carbocycles. The molecule has 1 heterocycles. The van der Waals surface area contributed by atoms with E-state index in [0.29, 0.717) is 11.5 Å². The second kappa shape index (κ2) is 7.90. The highest BCUT2D eigenvalue weighted by atomic mass is 19.2. The van der Waals surface area contributed by atoms with Gasteiger partial charge in [0.1, 0.15) is 11.4 Å². The number of benzene rings is 2. The second-order valence-electron chi connectivity index (χ2n) is 8.43. The van der Waals surface area contributed by atoms with Gasteiger partial charge in [-0.15, -0.1) is 0 Å². The zero-order chi connectivity index (χ0) is 21.4. The summed E-state index contributed by atoms with van der Waals surface area (Å²) < 4.78 is 27.0. The first kappa shape index (κ1) is 21.2. The molecule has 2 aliphatic rings. The Morgan fingerprint density at radius 3 is 2.17 bits per heavy atom. The molecule has 2 aromatic carbocycles. The standard InChI is InChI=1S/C23H27FO6/c24-23(28)13-21(14-25,15-26)30-20(29-19-4-2-1-3-5-19)22(23,27)12-16-6-8-17(9-7-16)18-10-11-18/h1-9,18,20,25-28H,10-15H2/t20-,22+,23+/m1/s1. The molecule has 30 heavy (non-hydrogen) atoms. The van der Waals surface area contributed by atoms with Crippen molar-refractivity contribution in [3.8, 4) is 5.75 Å². The lowest BCUT2D eigenvalue weighted by atomic mass is 9.77. The normalized spacial score (nSPS) is 30.8. The fraction of sp³-hybridized carbons (Fsp3) is 0.478. The highest BCUT2D eigenvalue weighted by molar-refractivity contribution is 5.30. The van der Waals surface area contributed by atoms with Crippen LogP contribution in [0, 0.1) is 0 Å². The number of aliphatic hydroxyl groups is 4. The van der Waals surface area contributed by atoms with Crippen molar-refractivity contribution in [2.24, 2.45) is 0 Å². The molecular weight excluding hydrogens is 391 g/mol. The zero-order valence-corrected chi connectivity index (χ0v) is 16.6. The number of hydrogen-bond acceptors (Lipinski definition) is 6. The Bertz CT molecular complexity index is 848. The van der Waals surface area contributed by atoms with Gasteiger partial charge in [-0.05, 0) is 42.0 Å². The summed E-state index contributed by atoms with van der Waals surface area (Å²) in [6.45, 7) is -1.51. The molecule has 6 nitrogen and oxygen atoms in total. The van der Waals surface area contributed by atoms with Crippen molar-refractivity contribution in [2.45, 2.75) is 54.9 Å². The number of para-hydroxylation sites is 1. The fourth-order valence-electron chi connectivity index (χ4n) is 3.96. The Labute approximate surface area is 174 Å². The quantitative estimate of drug-likeness (QED) is 0.549. The lowest BCUT2D eigenvalue weighted by Gasteiger charge is -2.52. The molecule has 0 unspecified atom stereocenters. The summed E-state index contributed by atoms with van der Waals surface area (Å²) in [5.74, 6) is -2.35. The maximum Gasteiger partial charge on any atom is 0.245 e. The van der Waals surface area contributed by atoms with Crippen molar-refractivity contribution in [2.75, 3.05) is 13.2 Å². The number of aliphatic hydroxyl groups excluding tert-OH is 2. The van der Waals surface area contributed by atoms with Gasteiger partial charge in [-0.1, -0.05) is 42.5 Å². The van der Waals surface area contributed by atoms with Crippen molar-refractivity contribution >= 4 is 0 Å².